The largest absolute Gasteiger partial charge is 0.478 e. The molecule has 1 aromatic rings. The van der Waals surface area contributed by atoms with Gasteiger partial charge >= 0.3 is 11.9 Å². The molecule has 7 heteroatoms. The first-order chi connectivity index (χ1) is 6.43. The van der Waals surface area contributed by atoms with E-state index in [-0.39, 0.29) is 34.1 Å². The topological polar surface area (TPSA) is 101 Å². The summed E-state index contributed by atoms with van der Waals surface area (Å²) in [5, 5.41) is 17.3. The first kappa shape index (κ1) is 13.6. The monoisotopic (exact) mass is 249 g/mol. The Bertz CT molecular complexity index is 421. The molecule has 0 bridgehead atoms. The van der Waals surface area contributed by atoms with E-state index in [0.29, 0.717) is 0 Å². The highest BCUT2D eigenvalue weighted by molar-refractivity contribution is 7.80. The van der Waals surface area contributed by atoms with Gasteiger partial charge in [-0.25, -0.2) is 9.59 Å². The highest BCUT2D eigenvalue weighted by atomic mass is 35.5. The third kappa shape index (κ3) is 2.77. The predicted octanol–water partition coefficient (Wildman–Crippen LogP) is 1.38. The van der Waals surface area contributed by atoms with Crippen molar-refractivity contribution in [3.05, 3.63) is 23.3 Å². The zero-order valence-electron chi connectivity index (χ0n) is 7.30. The van der Waals surface area contributed by atoms with Crippen molar-refractivity contribution in [1.82, 2.24) is 0 Å². The van der Waals surface area contributed by atoms with Crippen molar-refractivity contribution in [1.29, 1.82) is 0 Å². The number of nitrogens with two attached hydrogens (primary N) is 1. The van der Waals surface area contributed by atoms with Crippen LogP contribution in [0.3, 0.4) is 0 Å². The van der Waals surface area contributed by atoms with E-state index in [9.17, 15) is 9.59 Å². The fourth-order valence-corrected chi connectivity index (χ4v) is 1.17. The maximum Gasteiger partial charge on any atom is 0.336 e. The van der Waals surface area contributed by atoms with Crippen LogP contribution >= 0.6 is 25.0 Å². The van der Waals surface area contributed by atoms with Gasteiger partial charge in [-0.2, -0.15) is 0 Å². The molecule has 5 nitrogen and oxygen atoms in total. The van der Waals surface area contributed by atoms with Gasteiger partial charge in [-0.05, 0) is 12.1 Å². The Morgan fingerprint density at radius 1 is 1.20 bits per heavy atom. The quantitative estimate of drug-likeness (QED) is 0.469. The van der Waals surface area contributed by atoms with Crippen LogP contribution in [0.2, 0.25) is 0 Å². The molecule has 0 fully saturated rings. The maximum absolute atomic E-state index is 10.7. The second-order valence-corrected chi connectivity index (χ2v) is 3.02. The third-order valence-corrected chi connectivity index (χ3v) is 2.12. The molecule has 0 atom stereocenters. The average Bonchev–Trinajstić information content (AvgIpc) is 2.08. The Morgan fingerprint density at radius 3 is 2.13 bits per heavy atom. The van der Waals surface area contributed by atoms with Crippen LogP contribution in [0.25, 0.3) is 0 Å². The molecule has 82 valence electrons. The predicted molar refractivity (Wildman–Crippen MR) is 59.3 cm³/mol. The summed E-state index contributed by atoms with van der Waals surface area (Å²) in [6.45, 7) is 0. The lowest BCUT2D eigenvalue weighted by atomic mass is 10.1. The van der Waals surface area contributed by atoms with Crippen molar-refractivity contribution in [3.8, 4) is 0 Å². The number of nitrogen functional groups attached to an aromatic ring is 1. The number of carboxylic acids is 2. The number of hydrogen-bond donors (Lipinski definition) is 4. The normalized spacial score (nSPS) is 9.13. The van der Waals surface area contributed by atoms with Crippen LogP contribution in [-0.2, 0) is 0 Å². The van der Waals surface area contributed by atoms with Crippen molar-refractivity contribution in [2.75, 3.05) is 5.73 Å². The highest BCUT2D eigenvalue weighted by Crippen LogP contribution is 2.23. The van der Waals surface area contributed by atoms with Gasteiger partial charge in [0.15, 0.2) is 0 Å². The molecule has 1 rings (SSSR count). The second kappa shape index (κ2) is 4.90. The maximum atomic E-state index is 10.7. The molecule has 0 unspecified atom stereocenters. The number of aromatic carboxylic acids is 2. The smallest absolute Gasteiger partial charge is 0.336 e. The molecule has 15 heavy (non-hydrogen) atoms. The van der Waals surface area contributed by atoms with Gasteiger partial charge in [0, 0.05) is 10.6 Å². The average molecular weight is 250 g/mol. The van der Waals surface area contributed by atoms with Gasteiger partial charge in [0.2, 0.25) is 0 Å². The zero-order chi connectivity index (χ0) is 10.9. The lowest BCUT2D eigenvalue weighted by Crippen LogP contribution is -2.06. The Labute approximate surface area is 96.7 Å². The number of halogens is 1. The minimum atomic E-state index is -1.26. The van der Waals surface area contributed by atoms with Gasteiger partial charge in [-0.1, -0.05) is 0 Å². The van der Waals surface area contributed by atoms with Crippen LogP contribution in [0.1, 0.15) is 20.7 Å². The molecule has 0 aliphatic heterocycles. The molecule has 0 spiro atoms. The van der Waals surface area contributed by atoms with Crippen molar-refractivity contribution >= 4 is 42.7 Å². The Morgan fingerprint density at radius 2 is 1.73 bits per heavy atom. The summed E-state index contributed by atoms with van der Waals surface area (Å²) in [5.74, 6) is -2.49. The molecular formula is C8H8ClNO4S. The van der Waals surface area contributed by atoms with E-state index in [1.165, 1.54) is 0 Å². The van der Waals surface area contributed by atoms with Crippen molar-refractivity contribution < 1.29 is 19.8 Å². The minimum absolute atomic E-state index is 0. The lowest BCUT2D eigenvalue weighted by Gasteiger charge is -2.05. The first-order valence-corrected chi connectivity index (χ1v) is 3.97. The fourth-order valence-electron chi connectivity index (χ4n) is 0.943. The van der Waals surface area contributed by atoms with E-state index in [1.54, 1.807) is 0 Å². The third-order valence-electron chi connectivity index (χ3n) is 1.62. The van der Waals surface area contributed by atoms with E-state index in [1.807, 2.05) is 0 Å². The van der Waals surface area contributed by atoms with Crippen LogP contribution in [0, 0.1) is 0 Å². The Hall–Kier alpha value is -1.40. The standard InChI is InChI=1S/C8H7NO4S.ClH/c9-5-2-3(7(10)11)1-4(6(5)14)8(12)13;/h1-2,14H,9H2,(H,10,11)(H,12,13);1H. The molecule has 0 aromatic heterocycles. The summed E-state index contributed by atoms with van der Waals surface area (Å²) in [6, 6.07) is 2.18. The highest BCUT2D eigenvalue weighted by Gasteiger charge is 2.14. The van der Waals surface area contributed by atoms with Crippen LogP contribution in [0.4, 0.5) is 5.69 Å². The van der Waals surface area contributed by atoms with E-state index in [4.69, 9.17) is 15.9 Å². The number of anilines is 1. The number of rotatable bonds is 2. The van der Waals surface area contributed by atoms with Crippen molar-refractivity contribution in [2.24, 2.45) is 0 Å². The summed E-state index contributed by atoms with van der Waals surface area (Å²) in [5.41, 5.74) is 5.04. The Balaban J connectivity index is 0.00000196. The molecule has 1 aromatic carbocycles. The number of carbonyl (C=O) groups is 2. The van der Waals surface area contributed by atoms with Gasteiger partial charge in [0.1, 0.15) is 0 Å². The van der Waals surface area contributed by atoms with Crippen molar-refractivity contribution in [2.45, 2.75) is 4.90 Å². The number of carboxylic acid groups (broad SMARTS) is 2. The molecule has 0 heterocycles. The molecule has 0 aliphatic carbocycles. The first-order valence-electron chi connectivity index (χ1n) is 3.52. The van der Waals surface area contributed by atoms with E-state index in [2.05, 4.69) is 12.6 Å². The second-order valence-electron chi connectivity index (χ2n) is 2.57. The summed E-state index contributed by atoms with van der Waals surface area (Å²) >= 11 is 3.87. The molecule has 0 aliphatic rings. The van der Waals surface area contributed by atoms with E-state index in [0.717, 1.165) is 12.1 Å². The summed E-state index contributed by atoms with van der Waals surface area (Å²) in [4.78, 5) is 21.3. The summed E-state index contributed by atoms with van der Waals surface area (Å²) in [6.07, 6.45) is 0. The SMILES string of the molecule is Cl.Nc1cc(C(=O)O)cc(C(=O)O)c1S. The Kier molecular flexibility index (Phi) is 4.44. The van der Waals surface area contributed by atoms with Crippen LogP contribution in [0.5, 0.6) is 0 Å². The molecule has 0 saturated carbocycles. The molecule has 0 amide bonds. The van der Waals surface area contributed by atoms with E-state index >= 15 is 0 Å². The number of benzene rings is 1. The number of thiol groups is 1. The fraction of sp³-hybridized carbons (Fsp3) is 0. The van der Waals surface area contributed by atoms with E-state index < -0.39 is 11.9 Å². The van der Waals surface area contributed by atoms with Gasteiger partial charge in [0.25, 0.3) is 0 Å². The summed E-state index contributed by atoms with van der Waals surface area (Å²) in [7, 11) is 0. The van der Waals surface area contributed by atoms with Crippen LogP contribution < -0.4 is 5.73 Å². The van der Waals surface area contributed by atoms with Crippen LogP contribution in [-0.4, -0.2) is 22.2 Å². The minimum Gasteiger partial charge on any atom is -0.478 e. The number of hydrogen-bond acceptors (Lipinski definition) is 4. The van der Waals surface area contributed by atoms with Gasteiger partial charge < -0.3 is 15.9 Å². The van der Waals surface area contributed by atoms with Crippen LogP contribution in [0.15, 0.2) is 17.0 Å². The zero-order valence-corrected chi connectivity index (χ0v) is 9.01. The molecular weight excluding hydrogens is 242 g/mol. The molecule has 0 radical (unpaired) electrons. The summed E-state index contributed by atoms with van der Waals surface area (Å²) < 4.78 is 0. The van der Waals surface area contributed by atoms with Crippen molar-refractivity contribution in [3.63, 3.8) is 0 Å². The lowest BCUT2D eigenvalue weighted by molar-refractivity contribution is 0.0693. The van der Waals surface area contributed by atoms with Gasteiger partial charge in [0.05, 0.1) is 11.1 Å². The molecule has 4 N–H and O–H groups in total. The van der Waals surface area contributed by atoms with Gasteiger partial charge in [-0.15, -0.1) is 25.0 Å². The van der Waals surface area contributed by atoms with Gasteiger partial charge in [-0.3, -0.25) is 0 Å². The molecule has 0 saturated heterocycles.